The zero-order valence-electron chi connectivity index (χ0n) is 24.6. The zero-order valence-corrected chi connectivity index (χ0v) is 24.6. The molecule has 4 rings (SSSR count). The summed E-state index contributed by atoms with van der Waals surface area (Å²) in [5, 5.41) is 29.5. The van der Waals surface area contributed by atoms with Gasteiger partial charge in [-0.25, -0.2) is 4.79 Å². The molecule has 2 fully saturated rings. The second kappa shape index (κ2) is 16.2. The number of rotatable bonds is 19. The SMILES string of the molecule is CC12CCC3c4ccc(O)cc4CC(CCCCOCCOCCOCCOCCOCC(=O)O)C3C1CCC2O. The molecule has 9 nitrogen and oxygen atoms in total. The first-order chi connectivity index (χ1) is 19.9. The molecular formula is C32H50O9. The number of carboxylic acid groups (broad SMARTS) is 1. The number of phenols is 1. The lowest BCUT2D eigenvalue weighted by atomic mass is 9.52. The van der Waals surface area contributed by atoms with Gasteiger partial charge in [-0.15, -0.1) is 0 Å². The molecule has 6 atom stereocenters. The number of fused-ring (bicyclic) bond motifs is 5. The van der Waals surface area contributed by atoms with Gasteiger partial charge >= 0.3 is 5.97 Å². The van der Waals surface area contributed by atoms with Crippen LogP contribution in [0.4, 0.5) is 0 Å². The Balaban J connectivity index is 1.06. The standard InChI is InChI=1S/C32H50O9/c1-32-10-9-27-26-6-5-25(33)21-24(26)20-23(31(27)28(32)7-8-29(32)34)4-2-3-11-37-12-13-38-14-15-39-16-17-40-18-19-41-22-30(35)36/h5-6,21,23,27-29,31,33-34H,2-4,7-20,22H2,1H3,(H,35,36). The largest absolute Gasteiger partial charge is 0.508 e. The van der Waals surface area contributed by atoms with Crippen LogP contribution in [0.5, 0.6) is 5.75 Å². The molecule has 3 aliphatic rings. The predicted molar refractivity (Wildman–Crippen MR) is 153 cm³/mol. The van der Waals surface area contributed by atoms with Crippen LogP contribution in [0.25, 0.3) is 0 Å². The molecule has 3 aliphatic carbocycles. The van der Waals surface area contributed by atoms with Crippen molar-refractivity contribution in [1.29, 1.82) is 0 Å². The lowest BCUT2D eigenvalue weighted by molar-refractivity contribution is -0.142. The Morgan fingerprint density at radius 1 is 0.878 bits per heavy atom. The molecule has 0 bridgehead atoms. The van der Waals surface area contributed by atoms with Crippen LogP contribution >= 0.6 is 0 Å². The van der Waals surface area contributed by atoms with E-state index in [4.69, 9.17) is 28.8 Å². The molecule has 1 aromatic carbocycles. The van der Waals surface area contributed by atoms with Crippen molar-refractivity contribution in [2.75, 3.05) is 66.1 Å². The Kier molecular flexibility index (Phi) is 12.7. The molecule has 3 N–H and O–H groups in total. The fourth-order valence-corrected chi connectivity index (χ4v) is 7.68. The van der Waals surface area contributed by atoms with Gasteiger partial charge in [-0.05, 0) is 97.3 Å². The van der Waals surface area contributed by atoms with Crippen LogP contribution < -0.4 is 0 Å². The summed E-state index contributed by atoms with van der Waals surface area (Å²) in [4.78, 5) is 10.3. The second-order valence-corrected chi connectivity index (χ2v) is 12.2. The van der Waals surface area contributed by atoms with Gasteiger partial charge in [0.25, 0.3) is 0 Å². The van der Waals surface area contributed by atoms with E-state index in [1.807, 2.05) is 12.1 Å². The first-order valence-corrected chi connectivity index (χ1v) is 15.5. The molecule has 1 aromatic rings. The summed E-state index contributed by atoms with van der Waals surface area (Å²) >= 11 is 0. The number of hydrogen-bond acceptors (Lipinski definition) is 8. The number of benzene rings is 1. The van der Waals surface area contributed by atoms with E-state index in [1.165, 1.54) is 11.1 Å². The number of carbonyl (C=O) groups is 1. The van der Waals surface area contributed by atoms with Crippen LogP contribution in [0, 0.1) is 23.2 Å². The average Bonchev–Trinajstić information content (AvgIpc) is 3.25. The maximum atomic E-state index is 10.8. The van der Waals surface area contributed by atoms with Gasteiger partial charge in [0.1, 0.15) is 12.4 Å². The molecule has 0 heterocycles. The molecule has 232 valence electrons. The highest BCUT2D eigenvalue weighted by atomic mass is 16.6. The number of aliphatic carboxylic acids is 1. The van der Waals surface area contributed by atoms with Crippen molar-refractivity contribution < 1.29 is 43.8 Å². The van der Waals surface area contributed by atoms with Gasteiger partial charge in [-0.2, -0.15) is 0 Å². The molecule has 0 aromatic heterocycles. The third-order valence-electron chi connectivity index (χ3n) is 9.66. The van der Waals surface area contributed by atoms with Crippen molar-refractivity contribution in [1.82, 2.24) is 0 Å². The number of ether oxygens (including phenoxy) is 5. The minimum absolute atomic E-state index is 0.0513. The summed E-state index contributed by atoms with van der Waals surface area (Å²) in [6.45, 7) is 6.32. The highest BCUT2D eigenvalue weighted by molar-refractivity contribution is 5.67. The summed E-state index contributed by atoms with van der Waals surface area (Å²) in [6, 6.07) is 6.00. The van der Waals surface area contributed by atoms with Gasteiger partial charge in [-0.3, -0.25) is 0 Å². The van der Waals surface area contributed by atoms with E-state index in [2.05, 4.69) is 13.0 Å². The minimum Gasteiger partial charge on any atom is -0.508 e. The maximum Gasteiger partial charge on any atom is 0.329 e. The van der Waals surface area contributed by atoms with Crippen molar-refractivity contribution in [3.63, 3.8) is 0 Å². The van der Waals surface area contributed by atoms with E-state index in [1.54, 1.807) is 0 Å². The fraction of sp³-hybridized carbons (Fsp3) is 0.781. The average molecular weight is 579 g/mol. The molecule has 41 heavy (non-hydrogen) atoms. The molecule has 9 heteroatoms. The van der Waals surface area contributed by atoms with Crippen molar-refractivity contribution >= 4 is 5.97 Å². The zero-order chi connectivity index (χ0) is 29.1. The Morgan fingerprint density at radius 3 is 2.17 bits per heavy atom. The molecule has 0 aliphatic heterocycles. The van der Waals surface area contributed by atoms with Crippen LogP contribution in [0.15, 0.2) is 18.2 Å². The van der Waals surface area contributed by atoms with Gasteiger partial charge in [-0.1, -0.05) is 19.4 Å². The Labute approximate surface area is 244 Å². The summed E-state index contributed by atoms with van der Waals surface area (Å²) in [5.41, 5.74) is 2.82. The first kappa shape index (κ1) is 32.2. The number of aromatic hydroxyl groups is 1. The lowest BCUT2D eigenvalue weighted by Crippen LogP contribution is -2.47. The van der Waals surface area contributed by atoms with Crippen molar-refractivity contribution in [3.05, 3.63) is 29.3 Å². The molecule has 2 saturated carbocycles. The van der Waals surface area contributed by atoms with Gasteiger partial charge in [0.05, 0.1) is 59.0 Å². The predicted octanol–water partition coefficient (Wildman–Crippen LogP) is 4.17. The molecule has 0 spiro atoms. The van der Waals surface area contributed by atoms with Gasteiger partial charge in [0.15, 0.2) is 0 Å². The number of unbranched alkanes of at least 4 members (excludes halogenated alkanes) is 1. The molecule has 0 saturated heterocycles. The lowest BCUT2D eigenvalue weighted by Gasteiger charge is -2.53. The van der Waals surface area contributed by atoms with Gasteiger partial charge in [0, 0.05) is 6.61 Å². The smallest absolute Gasteiger partial charge is 0.329 e. The highest BCUT2D eigenvalue weighted by Crippen LogP contribution is 2.62. The molecule has 0 amide bonds. The van der Waals surface area contributed by atoms with E-state index in [0.29, 0.717) is 75.7 Å². The van der Waals surface area contributed by atoms with Gasteiger partial charge < -0.3 is 39.0 Å². The number of phenolic OH excluding ortho intramolecular Hbond substituents is 1. The number of hydrogen-bond donors (Lipinski definition) is 3. The first-order valence-electron chi connectivity index (χ1n) is 15.5. The molecular weight excluding hydrogens is 528 g/mol. The van der Waals surface area contributed by atoms with Crippen LogP contribution in [0.1, 0.15) is 68.9 Å². The Morgan fingerprint density at radius 2 is 1.51 bits per heavy atom. The van der Waals surface area contributed by atoms with Crippen molar-refractivity contribution in [3.8, 4) is 5.75 Å². The van der Waals surface area contributed by atoms with Crippen molar-refractivity contribution in [2.24, 2.45) is 23.2 Å². The number of carboxylic acids is 1. The third-order valence-corrected chi connectivity index (χ3v) is 9.66. The summed E-state index contributed by atoms with van der Waals surface area (Å²) in [5.74, 6) is 1.71. The maximum absolute atomic E-state index is 10.8. The van der Waals surface area contributed by atoms with Crippen molar-refractivity contribution in [2.45, 2.75) is 70.3 Å². The Bertz CT molecular complexity index is 940. The van der Waals surface area contributed by atoms with E-state index in [0.717, 1.165) is 58.0 Å². The van der Waals surface area contributed by atoms with Crippen LogP contribution in [-0.2, 0) is 34.9 Å². The molecule has 0 radical (unpaired) electrons. The Hall–Kier alpha value is -1.75. The number of aliphatic hydroxyl groups excluding tert-OH is 1. The summed E-state index contributed by atoms with van der Waals surface area (Å²) in [7, 11) is 0. The summed E-state index contributed by atoms with van der Waals surface area (Å²) < 4.78 is 27.0. The van der Waals surface area contributed by atoms with E-state index in [9.17, 15) is 15.0 Å². The van der Waals surface area contributed by atoms with Crippen LogP contribution in [-0.4, -0.2) is 93.5 Å². The van der Waals surface area contributed by atoms with E-state index in [-0.39, 0.29) is 24.7 Å². The highest BCUT2D eigenvalue weighted by Gasteiger charge is 2.56. The fourth-order valence-electron chi connectivity index (χ4n) is 7.68. The summed E-state index contributed by atoms with van der Waals surface area (Å²) in [6.07, 6.45) is 8.46. The number of aliphatic hydroxyl groups is 1. The monoisotopic (exact) mass is 578 g/mol. The van der Waals surface area contributed by atoms with Gasteiger partial charge in [0.2, 0.25) is 0 Å². The topological polar surface area (TPSA) is 124 Å². The van der Waals surface area contributed by atoms with Crippen LogP contribution in [0.3, 0.4) is 0 Å². The normalized spacial score (nSPS) is 28.7. The second-order valence-electron chi connectivity index (χ2n) is 12.2. The quantitative estimate of drug-likeness (QED) is 0.208. The van der Waals surface area contributed by atoms with E-state index < -0.39 is 5.97 Å². The van der Waals surface area contributed by atoms with Crippen LogP contribution in [0.2, 0.25) is 0 Å². The minimum atomic E-state index is -0.987. The van der Waals surface area contributed by atoms with E-state index >= 15 is 0 Å². The molecule has 6 unspecified atom stereocenters. The third kappa shape index (κ3) is 8.88.